The number of amides is 1. The van der Waals surface area contributed by atoms with Crippen LogP contribution in [0.4, 0.5) is 0 Å². The van der Waals surface area contributed by atoms with Crippen molar-refractivity contribution in [3.8, 4) is 0 Å². The van der Waals surface area contributed by atoms with E-state index in [9.17, 15) is 4.79 Å². The van der Waals surface area contributed by atoms with Crippen LogP contribution in [0.25, 0.3) is 0 Å². The molecule has 1 aromatic carbocycles. The highest BCUT2D eigenvalue weighted by Gasteiger charge is 2.22. The Balaban J connectivity index is 1.39. The molecule has 7 nitrogen and oxygen atoms in total. The number of carbonyl (C=O) groups is 1. The lowest BCUT2D eigenvalue weighted by Gasteiger charge is -2.34. The Bertz CT molecular complexity index is 684. The van der Waals surface area contributed by atoms with E-state index in [1.807, 2.05) is 11.9 Å². The van der Waals surface area contributed by atoms with Gasteiger partial charge in [0.2, 0.25) is 5.91 Å². The summed E-state index contributed by atoms with van der Waals surface area (Å²) in [6.45, 7) is 5.78. The van der Waals surface area contributed by atoms with Crippen LogP contribution in [0.2, 0.25) is 0 Å². The van der Waals surface area contributed by atoms with Crippen LogP contribution in [0.3, 0.4) is 0 Å². The first-order valence-corrected chi connectivity index (χ1v) is 11.1. The summed E-state index contributed by atoms with van der Waals surface area (Å²) in [5.74, 6) is 1.22. The Morgan fingerprint density at radius 1 is 1.13 bits per heavy atom. The highest BCUT2D eigenvalue weighted by atomic mass is 16.5. The summed E-state index contributed by atoms with van der Waals surface area (Å²) in [5.41, 5.74) is 2.40. The minimum Gasteiger partial charge on any atom is -0.385 e. The summed E-state index contributed by atoms with van der Waals surface area (Å²) in [6, 6.07) is 8.52. The number of nitrogens with one attached hydrogen (secondary N) is 1. The van der Waals surface area contributed by atoms with Gasteiger partial charge >= 0.3 is 0 Å². The van der Waals surface area contributed by atoms with Crippen molar-refractivity contribution in [3.05, 3.63) is 35.4 Å². The first-order chi connectivity index (χ1) is 14.7. The standard InChI is InChI=1S/C23H36N4O3/c1-24-23(26-13-10-21(11-14-26)30-16-4-15-29-2)25-17-19-6-8-20(9-7-19)18-27-12-3-5-22(27)28/h6-9,21H,3-5,10-18H2,1-2H3,(H,24,25). The third kappa shape index (κ3) is 6.71. The van der Waals surface area contributed by atoms with Gasteiger partial charge in [-0.3, -0.25) is 9.79 Å². The van der Waals surface area contributed by atoms with Crippen molar-refractivity contribution in [1.29, 1.82) is 0 Å². The first-order valence-electron chi connectivity index (χ1n) is 11.1. The largest absolute Gasteiger partial charge is 0.385 e. The van der Waals surface area contributed by atoms with Crippen molar-refractivity contribution in [2.75, 3.05) is 47.0 Å². The summed E-state index contributed by atoms with van der Waals surface area (Å²) in [4.78, 5) is 20.5. The second-order valence-electron chi connectivity index (χ2n) is 8.04. The number of nitrogens with zero attached hydrogens (tertiary/aromatic N) is 3. The Morgan fingerprint density at radius 2 is 1.87 bits per heavy atom. The number of carbonyl (C=O) groups excluding carboxylic acids is 1. The number of hydrogen-bond donors (Lipinski definition) is 1. The smallest absolute Gasteiger partial charge is 0.222 e. The lowest BCUT2D eigenvalue weighted by atomic mass is 10.1. The molecule has 2 saturated heterocycles. The molecule has 0 saturated carbocycles. The van der Waals surface area contributed by atoms with E-state index in [0.717, 1.165) is 77.6 Å². The molecule has 30 heavy (non-hydrogen) atoms. The third-order valence-corrected chi connectivity index (χ3v) is 5.82. The van der Waals surface area contributed by atoms with E-state index in [0.29, 0.717) is 12.5 Å². The van der Waals surface area contributed by atoms with Gasteiger partial charge in [-0.05, 0) is 36.8 Å². The molecule has 1 aromatic rings. The number of hydrogen-bond acceptors (Lipinski definition) is 4. The molecule has 0 spiro atoms. The summed E-state index contributed by atoms with van der Waals surface area (Å²) in [5, 5.41) is 3.48. The molecule has 3 rings (SSSR count). The SMILES string of the molecule is CN=C(NCc1ccc(CN2CCCC2=O)cc1)N1CCC(OCCCOC)CC1. The van der Waals surface area contributed by atoms with Gasteiger partial charge in [0.1, 0.15) is 0 Å². The van der Waals surface area contributed by atoms with Crippen molar-refractivity contribution < 1.29 is 14.3 Å². The summed E-state index contributed by atoms with van der Waals surface area (Å²) < 4.78 is 11.0. The fraction of sp³-hybridized carbons (Fsp3) is 0.652. The van der Waals surface area contributed by atoms with Crippen LogP contribution in [0, 0.1) is 0 Å². The Hall–Kier alpha value is -2.12. The van der Waals surface area contributed by atoms with Crippen LogP contribution < -0.4 is 5.32 Å². The Morgan fingerprint density at radius 3 is 2.50 bits per heavy atom. The predicted octanol–water partition coefficient (Wildman–Crippen LogP) is 2.40. The monoisotopic (exact) mass is 416 g/mol. The molecule has 2 aliphatic rings. The minimum atomic E-state index is 0.272. The number of ether oxygens (including phenoxy) is 2. The molecule has 0 radical (unpaired) electrons. The lowest BCUT2D eigenvalue weighted by Crippen LogP contribution is -2.46. The number of piperidine rings is 1. The highest BCUT2D eigenvalue weighted by molar-refractivity contribution is 5.80. The number of likely N-dealkylation sites (tertiary alicyclic amines) is 2. The molecule has 0 atom stereocenters. The maximum Gasteiger partial charge on any atom is 0.222 e. The molecular weight excluding hydrogens is 380 g/mol. The number of guanidine groups is 1. The van der Waals surface area contributed by atoms with Gasteiger partial charge in [-0.2, -0.15) is 0 Å². The maximum atomic E-state index is 11.8. The minimum absolute atomic E-state index is 0.272. The van der Waals surface area contributed by atoms with Gasteiger partial charge < -0.3 is 24.6 Å². The molecule has 0 aliphatic carbocycles. The zero-order valence-electron chi connectivity index (χ0n) is 18.4. The molecule has 2 aliphatic heterocycles. The number of methoxy groups -OCH3 is 1. The van der Waals surface area contributed by atoms with Crippen LogP contribution in [0.5, 0.6) is 0 Å². The average molecular weight is 417 g/mol. The van der Waals surface area contributed by atoms with Crippen molar-refractivity contribution in [2.45, 2.75) is 51.3 Å². The van der Waals surface area contributed by atoms with Gasteiger partial charge in [0.05, 0.1) is 6.10 Å². The maximum absolute atomic E-state index is 11.8. The Kier molecular flexibility index (Phi) is 8.96. The van der Waals surface area contributed by atoms with E-state index in [1.165, 1.54) is 11.1 Å². The van der Waals surface area contributed by atoms with Gasteiger partial charge in [0.25, 0.3) is 0 Å². The topological polar surface area (TPSA) is 66.4 Å². The molecule has 0 unspecified atom stereocenters. The van der Waals surface area contributed by atoms with Crippen molar-refractivity contribution >= 4 is 11.9 Å². The van der Waals surface area contributed by atoms with Crippen LogP contribution in [0.1, 0.15) is 43.2 Å². The number of rotatable bonds is 9. The van der Waals surface area contributed by atoms with Crippen molar-refractivity contribution in [2.24, 2.45) is 4.99 Å². The normalized spacial score (nSPS) is 18.3. The van der Waals surface area contributed by atoms with Crippen molar-refractivity contribution in [3.63, 3.8) is 0 Å². The molecule has 7 heteroatoms. The quantitative estimate of drug-likeness (QED) is 0.380. The molecule has 2 heterocycles. The molecule has 0 bridgehead atoms. The molecule has 1 amide bonds. The fourth-order valence-corrected chi connectivity index (χ4v) is 4.06. The van der Waals surface area contributed by atoms with Gasteiger partial charge in [-0.25, -0.2) is 0 Å². The zero-order valence-corrected chi connectivity index (χ0v) is 18.4. The molecule has 1 N–H and O–H groups in total. The molecule has 166 valence electrons. The first kappa shape index (κ1) is 22.6. The molecule has 0 aromatic heterocycles. The van der Waals surface area contributed by atoms with Gasteiger partial charge in [-0.1, -0.05) is 24.3 Å². The summed E-state index contributed by atoms with van der Waals surface area (Å²) in [7, 11) is 3.56. The summed E-state index contributed by atoms with van der Waals surface area (Å²) >= 11 is 0. The molecular formula is C23H36N4O3. The van der Waals surface area contributed by atoms with E-state index in [2.05, 4.69) is 39.5 Å². The van der Waals surface area contributed by atoms with Gasteiger partial charge in [0.15, 0.2) is 5.96 Å². The highest BCUT2D eigenvalue weighted by Crippen LogP contribution is 2.16. The van der Waals surface area contributed by atoms with Crippen LogP contribution >= 0.6 is 0 Å². The second-order valence-corrected chi connectivity index (χ2v) is 8.04. The predicted molar refractivity (Wildman–Crippen MR) is 118 cm³/mol. The van der Waals surface area contributed by atoms with Gasteiger partial charge in [-0.15, -0.1) is 0 Å². The summed E-state index contributed by atoms with van der Waals surface area (Å²) in [6.07, 6.45) is 5.02. The lowest BCUT2D eigenvalue weighted by molar-refractivity contribution is -0.128. The van der Waals surface area contributed by atoms with Crippen LogP contribution in [-0.2, 0) is 27.4 Å². The van der Waals surface area contributed by atoms with Crippen LogP contribution in [-0.4, -0.2) is 74.8 Å². The number of aliphatic imine (C=N–C) groups is 1. The number of benzene rings is 1. The van der Waals surface area contributed by atoms with E-state index in [1.54, 1.807) is 7.11 Å². The van der Waals surface area contributed by atoms with E-state index >= 15 is 0 Å². The van der Waals surface area contributed by atoms with E-state index in [-0.39, 0.29) is 5.91 Å². The Labute approximate surface area is 180 Å². The second kappa shape index (κ2) is 11.9. The third-order valence-electron chi connectivity index (χ3n) is 5.82. The average Bonchev–Trinajstić information content (AvgIpc) is 3.18. The van der Waals surface area contributed by atoms with E-state index < -0.39 is 0 Å². The molecule has 2 fully saturated rings. The van der Waals surface area contributed by atoms with Crippen molar-refractivity contribution in [1.82, 2.24) is 15.1 Å². The van der Waals surface area contributed by atoms with Crippen LogP contribution in [0.15, 0.2) is 29.3 Å². The van der Waals surface area contributed by atoms with E-state index in [4.69, 9.17) is 9.47 Å². The van der Waals surface area contributed by atoms with Gasteiger partial charge in [0, 0.05) is 66.5 Å². The zero-order chi connectivity index (χ0) is 21.2. The fourth-order valence-electron chi connectivity index (χ4n) is 4.06.